The summed E-state index contributed by atoms with van der Waals surface area (Å²) in [6, 6.07) is 9.82. The van der Waals surface area contributed by atoms with Crippen LogP contribution in [-0.4, -0.2) is 47.9 Å². The number of pyridine rings is 1. The Bertz CT molecular complexity index is 1750. The van der Waals surface area contributed by atoms with E-state index in [1.807, 2.05) is 0 Å². The number of nitrogens with zero attached hydrogens (tertiary/aromatic N) is 4. The zero-order valence-electron chi connectivity index (χ0n) is 20.8. The molecule has 0 atom stereocenters. The number of nitrogens with one attached hydrogen (secondary N) is 2. The minimum atomic E-state index is -4.82. The van der Waals surface area contributed by atoms with E-state index >= 15 is 0 Å². The Morgan fingerprint density at radius 2 is 1.90 bits per heavy atom. The average molecular weight is 554 g/mol. The van der Waals surface area contributed by atoms with Gasteiger partial charge in [0.1, 0.15) is 11.6 Å². The number of fused-ring (bicyclic) bond motifs is 2. The van der Waals surface area contributed by atoms with Crippen LogP contribution in [0.4, 0.5) is 23.2 Å². The number of hydrogen-bond acceptors (Lipinski definition) is 6. The predicted molar refractivity (Wildman–Crippen MR) is 139 cm³/mol. The fourth-order valence-electron chi connectivity index (χ4n) is 5.19. The number of aliphatic hydroxyl groups is 1. The van der Waals surface area contributed by atoms with Gasteiger partial charge in [0.05, 0.1) is 40.2 Å². The second-order valence-electron chi connectivity index (χ2n) is 9.81. The minimum absolute atomic E-state index is 0.0578. The molecule has 40 heavy (non-hydrogen) atoms. The van der Waals surface area contributed by atoms with Gasteiger partial charge in [-0.1, -0.05) is 12.1 Å². The lowest BCUT2D eigenvalue weighted by molar-refractivity contribution is -0.140. The van der Waals surface area contributed by atoms with Crippen molar-refractivity contribution in [3.05, 3.63) is 65.9 Å². The number of H-pyrrole nitrogens is 1. The van der Waals surface area contributed by atoms with Gasteiger partial charge in [-0.25, -0.2) is 19.0 Å². The Morgan fingerprint density at radius 3 is 2.62 bits per heavy atom. The van der Waals surface area contributed by atoms with Gasteiger partial charge >= 0.3 is 6.18 Å². The van der Waals surface area contributed by atoms with E-state index in [9.17, 15) is 27.5 Å². The fourth-order valence-corrected chi connectivity index (χ4v) is 5.19. The number of aromatic amines is 1. The third kappa shape index (κ3) is 4.62. The molecule has 5 N–H and O–H groups in total. The number of carbonyl (C=O) groups is 1. The Hall–Kier alpha value is -4.52. The molecule has 0 spiro atoms. The van der Waals surface area contributed by atoms with E-state index in [0.29, 0.717) is 36.7 Å². The van der Waals surface area contributed by atoms with Crippen molar-refractivity contribution in [3.63, 3.8) is 0 Å². The summed E-state index contributed by atoms with van der Waals surface area (Å²) in [5.41, 5.74) is 5.75. The van der Waals surface area contributed by atoms with E-state index in [0.717, 1.165) is 4.68 Å². The van der Waals surface area contributed by atoms with E-state index in [-0.39, 0.29) is 45.4 Å². The Kier molecular flexibility index (Phi) is 6.17. The number of halogens is 4. The second-order valence-corrected chi connectivity index (χ2v) is 9.81. The number of aromatic nitrogens is 5. The molecule has 1 amide bonds. The highest BCUT2D eigenvalue weighted by Crippen LogP contribution is 2.40. The van der Waals surface area contributed by atoms with Crippen molar-refractivity contribution in [2.45, 2.75) is 44.0 Å². The number of amides is 1. The standard InChI is InChI=1S/C27H23F4N7O2/c28-13-4-9-18-19(10-13)36-26(35-18)17-2-1-3-21-22(17)24(27(29,30)31)37-38(21)15-11-20(23(25(32)40)33-12-15)34-14-5-7-16(39)8-6-14/h1-4,9-12,14,16,34,39H,5-8H2,(H2,32,40)(H,35,36). The molecule has 0 bridgehead atoms. The van der Waals surface area contributed by atoms with Crippen LogP contribution >= 0.6 is 0 Å². The molecule has 3 heterocycles. The molecule has 0 unspecified atom stereocenters. The Labute approximate surface area is 224 Å². The number of anilines is 1. The lowest BCUT2D eigenvalue weighted by Gasteiger charge is -2.27. The van der Waals surface area contributed by atoms with Crippen molar-refractivity contribution in [3.8, 4) is 17.1 Å². The summed E-state index contributed by atoms with van der Waals surface area (Å²) < 4.78 is 57.8. The lowest BCUT2D eigenvalue weighted by atomic mass is 9.93. The molecule has 5 aromatic rings. The van der Waals surface area contributed by atoms with Gasteiger partial charge in [0, 0.05) is 17.0 Å². The number of aliphatic hydroxyl groups excluding tert-OH is 1. The molecule has 1 aliphatic carbocycles. The number of nitrogens with two attached hydrogens (primary N) is 1. The van der Waals surface area contributed by atoms with E-state index in [2.05, 4.69) is 25.4 Å². The van der Waals surface area contributed by atoms with Crippen LogP contribution in [0.2, 0.25) is 0 Å². The number of rotatable bonds is 5. The predicted octanol–water partition coefficient (Wildman–Crippen LogP) is 4.94. The summed E-state index contributed by atoms with van der Waals surface area (Å²) in [6.45, 7) is 0. The number of alkyl halides is 3. The summed E-state index contributed by atoms with van der Waals surface area (Å²) in [4.78, 5) is 23.5. The molecule has 6 rings (SSSR count). The van der Waals surface area contributed by atoms with Crippen molar-refractivity contribution < 1.29 is 27.5 Å². The molecule has 1 saturated carbocycles. The summed E-state index contributed by atoms with van der Waals surface area (Å²) in [6.07, 6.45) is -1.55. The number of primary amides is 1. The SMILES string of the molecule is NC(=O)c1ncc(-n2nc(C(F)(F)F)c3c(-c4nc5ccc(F)cc5[nH]4)cccc32)cc1NC1CCC(O)CC1. The van der Waals surface area contributed by atoms with Crippen molar-refractivity contribution in [1.82, 2.24) is 24.7 Å². The molecule has 1 aliphatic rings. The van der Waals surface area contributed by atoms with Crippen LogP contribution in [0.15, 0.2) is 48.7 Å². The molecule has 13 heteroatoms. The normalized spacial score (nSPS) is 17.9. The van der Waals surface area contributed by atoms with Gasteiger partial charge in [-0.05, 0) is 56.0 Å². The van der Waals surface area contributed by atoms with E-state index in [4.69, 9.17) is 5.73 Å². The van der Waals surface area contributed by atoms with Gasteiger partial charge in [0.2, 0.25) is 0 Å². The average Bonchev–Trinajstić information content (AvgIpc) is 3.51. The first kappa shape index (κ1) is 25.7. The molecular weight excluding hydrogens is 530 g/mol. The van der Waals surface area contributed by atoms with Crippen LogP contribution in [0.3, 0.4) is 0 Å². The molecule has 0 radical (unpaired) electrons. The van der Waals surface area contributed by atoms with E-state index in [1.165, 1.54) is 42.6 Å². The minimum Gasteiger partial charge on any atom is -0.393 e. The first-order valence-corrected chi connectivity index (χ1v) is 12.6. The number of benzene rings is 2. The monoisotopic (exact) mass is 553 g/mol. The second kappa shape index (κ2) is 9.59. The summed E-state index contributed by atoms with van der Waals surface area (Å²) in [5, 5.41) is 16.8. The topological polar surface area (TPSA) is 135 Å². The summed E-state index contributed by atoms with van der Waals surface area (Å²) >= 11 is 0. The Balaban J connectivity index is 1.50. The zero-order chi connectivity index (χ0) is 28.2. The van der Waals surface area contributed by atoms with Crippen molar-refractivity contribution in [1.29, 1.82) is 0 Å². The van der Waals surface area contributed by atoms with Crippen LogP contribution in [-0.2, 0) is 6.18 Å². The highest BCUT2D eigenvalue weighted by atomic mass is 19.4. The third-order valence-electron chi connectivity index (χ3n) is 7.08. The summed E-state index contributed by atoms with van der Waals surface area (Å²) in [7, 11) is 0. The van der Waals surface area contributed by atoms with Crippen LogP contribution in [0.5, 0.6) is 0 Å². The highest BCUT2D eigenvalue weighted by molar-refractivity contribution is 5.99. The maximum Gasteiger partial charge on any atom is 0.435 e. The maximum absolute atomic E-state index is 14.3. The van der Waals surface area contributed by atoms with Crippen molar-refractivity contribution in [2.75, 3.05) is 5.32 Å². The highest BCUT2D eigenvalue weighted by Gasteiger charge is 2.38. The molecular formula is C27H23F4N7O2. The fraction of sp³-hybridized carbons (Fsp3) is 0.259. The molecule has 2 aromatic carbocycles. The molecule has 1 fully saturated rings. The largest absolute Gasteiger partial charge is 0.435 e. The van der Waals surface area contributed by atoms with Crippen molar-refractivity contribution >= 4 is 33.5 Å². The Morgan fingerprint density at radius 1 is 1.12 bits per heavy atom. The molecule has 3 aromatic heterocycles. The lowest BCUT2D eigenvalue weighted by Crippen LogP contribution is -2.29. The van der Waals surface area contributed by atoms with Gasteiger partial charge in [-0.3, -0.25) is 4.79 Å². The quantitative estimate of drug-likeness (QED) is 0.228. The number of carbonyl (C=O) groups excluding carboxylic acids is 1. The molecule has 0 saturated heterocycles. The van der Waals surface area contributed by atoms with E-state index < -0.39 is 29.7 Å². The first-order valence-electron chi connectivity index (χ1n) is 12.6. The van der Waals surface area contributed by atoms with Gasteiger partial charge in [0.25, 0.3) is 5.91 Å². The van der Waals surface area contributed by atoms with Crippen molar-refractivity contribution in [2.24, 2.45) is 5.73 Å². The third-order valence-corrected chi connectivity index (χ3v) is 7.08. The van der Waals surface area contributed by atoms with Gasteiger partial charge < -0.3 is 21.1 Å². The molecule has 0 aliphatic heterocycles. The van der Waals surface area contributed by atoms with Gasteiger partial charge in [-0.15, -0.1) is 0 Å². The first-order chi connectivity index (χ1) is 19.1. The molecule has 9 nitrogen and oxygen atoms in total. The zero-order valence-corrected chi connectivity index (χ0v) is 20.8. The van der Waals surface area contributed by atoms with Gasteiger partial charge in [-0.2, -0.15) is 18.3 Å². The van der Waals surface area contributed by atoms with Gasteiger partial charge in [0.15, 0.2) is 11.4 Å². The molecule has 206 valence electrons. The summed E-state index contributed by atoms with van der Waals surface area (Å²) in [5.74, 6) is -1.18. The smallest absolute Gasteiger partial charge is 0.393 e. The van der Waals surface area contributed by atoms with Crippen LogP contribution in [0, 0.1) is 5.82 Å². The number of hydrogen-bond donors (Lipinski definition) is 4. The number of imidazole rings is 1. The maximum atomic E-state index is 14.3. The van der Waals surface area contributed by atoms with E-state index in [1.54, 1.807) is 6.07 Å². The van der Waals surface area contributed by atoms with Crippen LogP contribution < -0.4 is 11.1 Å². The van der Waals surface area contributed by atoms with Crippen LogP contribution in [0.1, 0.15) is 41.9 Å². The van der Waals surface area contributed by atoms with Crippen LogP contribution in [0.25, 0.3) is 39.0 Å².